The molecule has 1 heterocycles. The highest BCUT2D eigenvalue weighted by molar-refractivity contribution is 5.51. The van der Waals surface area contributed by atoms with Gasteiger partial charge in [-0.05, 0) is 60.1 Å². The summed E-state index contributed by atoms with van der Waals surface area (Å²) in [5.74, 6) is 2.59. The topological polar surface area (TPSA) is 41.9 Å². The normalized spacial score (nSPS) is 15.1. The lowest BCUT2D eigenvalue weighted by Gasteiger charge is -2.28. The number of nitrogens with zero attached hydrogens (tertiary/aromatic N) is 1. The van der Waals surface area contributed by atoms with Crippen LogP contribution >= 0.6 is 0 Å². The summed E-state index contributed by atoms with van der Waals surface area (Å²) >= 11 is 0. The molecule has 0 saturated carbocycles. The van der Waals surface area contributed by atoms with Crippen LogP contribution in [0, 0.1) is 5.92 Å². The molecule has 0 bridgehead atoms. The van der Waals surface area contributed by atoms with E-state index in [2.05, 4.69) is 30.9 Å². The highest BCUT2D eigenvalue weighted by atomic mass is 16.5. The Labute approximate surface area is 162 Å². The van der Waals surface area contributed by atoms with Crippen molar-refractivity contribution in [1.82, 2.24) is 4.90 Å². The number of phenolic OH excluding ortho intramolecular Hbond substituents is 1. The second-order valence-corrected chi connectivity index (χ2v) is 7.77. The zero-order chi connectivity index (χ0) is 19.4. The van der Waals surface area contributed by atoms with Crippen LogP contribution in [0.3, 0.4) is 0 Å². The molecule has 0 aromatic heterocycles. The summed E-state index contributed by atoms with van der Waals surface area (Å²) in [6, 6.07) is 9.98. The van der Waals surface area contributed by atoms with Crippen molar-refractivity contribution in [3.05, 3.63) is 52.6 Å². The number of hydrogen-bond acceptors (Lipinski definition) is 4. The van der Waals surface area contributed by atoms with E-state index in [0.717, 1.165) is 50.4 Å². The summed E-state index contributed by atoms with van der Waals surface area (Å²) in [4.78, 5) is 2.49. The van der Waals surface area contributed by atoms with Crippen LogP contribution in [0.5, 0.6) is 17.2 Å². The second-order valence-electron chi connectivity index (χ2n) is 7.77. The highest BCUT2D eigenvalue weighted by Crippen LogP contribution is 2.36. The van der Waals surface area contributed by atoms with Crippen LogP contribution in [0.1, 0.15) is 36.1 Å². The molecule has 4 heteroatoms. The molecule has 4 nitrogen and oxygen atoms in total. The summed E-state index contributed by atoms with van der Waals surface area (Å²) in [5, 5.41) is 9.93. The van der Waals surface area contributed by atoms with Gasteiger partial charge in [0.15, 0.2) is 11.5 Å². The van der Waals surface area contributed by atoms with Gasteiger partial charge in [0, 0.05) is 25.2 Å². The Bertz CT molecular complexity index is 785. The van der Waals surface area contributed by atoms with Crippen LogP contribution in [0.15, 0.2) is 30.3 Å². The fraction of sp³-hybridized carbons (Fsp3) is 0.478. The van der Waals surface area contributed by atoms with Crippen molar-refractivity contribution in [2.75, 3.05) is 27.3 Å². The average Bonchev–Trinajstić information content (AvgIpc) is 2.64. The molecule has 0 fully saturated rings. The van der Waals surface area contributed by atoms with Gasteiger partial charge in [0.25, 0.3) is 0 Å². The van der Waals surface area contributed by atoms with E-state index in [1.54, 1.807) is 20.3 Å². The fourth-order valence-corrected chi connectivity index (χ4v) is 4.05. The van der Waals surface area contributed by atoms with Crippen molar-refractivity contribution in [3.8, 4) is 17.2 Å². The van der Waals surface area contributed by atoms with Gasteiger partial charge in [0.05, 0.1) is 14.2 Å². The summed E-state index contributed by atoms with van der Waals surface area (Å²) in [7, 11) is 3.42. The average molecular weight is 370 g/mol. The van der Waals surface area contributed by atoms with Gasteiger partial charge >= 0.3 is 0 Å². The maximum Gasteiger partial charge on any atom is 0.165 e. The fourth-order valence-electron chi connectivity index (χ4n) is 4.05. The van der Waals surface area contributed by atoms with E-state index in [9.17, 15) is 5.11 Å². The molecular formula is C23H31NO3. The molecule has 0 radical (unpaired) electrons. The Morgan fingerprint density at radius 2 is 1.70 bits per heavy atom. The molecule has 0 unspecified atom stereocenters. The van der Waals surface area contributed by atoms with Gasteiger partial charge in [-0.25, -0.2) is 0 Å². The lowest BCUT2D eigenvalue weighted by atomic mass is 9.93. The van der Waals surface area contributed by atoms with Crippen molar-refractivity contribution in [3.63, 3.8) is 0 Å². The third-order valence-corrected chi connectivity index (χ3v) is 5.30. The molecule has 0 aliphatic carbocycles. The van der Waals surface area contributed by atoms with Gasteiger partial charge in [-0.1, -0.05) is 26.0 Å². The van der Waals surface area contributed by atoms with Gasteiger partial charge in [-0.2, -0.15) is 0 Å². The van der Waals surface area contributed by atoms with Crippen LogP contribution < -0.4 is 9.47 Å². The van der Waals surface area contributed by atoms with Crippen molar-refractivity contribution in [2.45, 2.75) is 39.7 Å². The third-order valence-electron chi connectivity index (χ3n) is 5.30. The minimum atomic E-state index is 0.355. The lowest BCUT2D eigenvalue weighted by Crippen LogP contribution is -2.31. The molecule has 1 aliphatic heterocycles. The zero-order valence-corrected chi connectivity index (χ0v) is 16.9. The first-order valence-electron chi connectivity index (χ1n) is 9.77. The van der Waals surface area contributed by atoms with E-state index < -0.39 is 0 Å². The molecule has 0 saturated heterocycles. The maximum absolute atomic E-state index is 9.93. The number of phenols is 1. The smallest absolute Gasteiger partial charge is 0.165 e. The molecular weight excluding hydrogens is 338 g/mol. The number of aromatic hydroxyl groups is 1. The van der Waals surface area contributed by atoms with E-state index >= 15 is 0 Å². The van der Waals surface area contributed by atoms with Crippen LogP contribution in [-0.4, -0.2) is 37.3 Å². The molecule has 2 aromatic carbocycles. The van der Waals surface area contributed by atoms with Crippen molar-refractivity contribution in [1.29, 1.82) is 0 Å². The summed E-state index contributed by atoms with van der Waals surface area (Å²) in [6.07, 6.45) is 2.85. The third kappa shape index (κ3) is 4.56. The summed E-state index contributed by atoms with van der Waals surface area (Å²) < 4.78 is 11.3. The molecule has 3 rings (SSSR count). The number of aryl methyl sites for hydroxylation is 2. The van der Waals surface area contributed by atoms with Crippen LogP contribution in [0.25, 0.3) is 0 Å². The number of fused-ring (bicyclic) bond motifs is 2. The largest absolute Gasteiger partial charge is 0.508 e. The first kappa shape index (κ1) is 19.6. The van der Waals surface area contributed by atoms with Gasteiger partial charge in [-0.15, -0.1) is 0 Å². The van der Waals surface area contributed by atoms with E-state index in [1.165, 1.54) is 22.3 Å². The van der Waals surface area contributed by atoms with Crippen LogP contribution in [-0.2, 0) is 25.8 Å². The van der Waals surface area contributed by atoms with E-state index in [-0.39, 0.29) is 0 Å². The predicted octanol–water partition coefficient (Wildman–Crippen LogP) is 4.21. The Morgan fingerprint density at radius 3 is 2.41 bits per heavy atom. The van der Waals surface area contributed by atoms with Crippen molar-refractivity contribution in [2.24, 2.45) is 5.92 Å². The highest BCUT2D eigenvalue weighted by Gasteiger charge is 2.20. The molecule has 0 atom stereocenters. The van der Waals surface area contributed by atoms with Gasteiger partial charge < -0.3 is 14.6 Å². The number of methoxy groups -OCH3 is 2. The van der Waals surface area contributed by atoms with Crippen molar-refractivity contribution >= 4 is 0 Å². The molecule has 2 aromatic rings. The van der Waals surface area contributed by atoms with Crippen molar-refractivity contribution < 1.29 is 14.6 Å². The SMILES string of the molecule is COc1ccc2c(c1OC)CN(CC(C)C)CCc1cc(O)ccc1CC2. The number of ether oxygens (including phenoxy) is 2. The minimum Gasteiger partial charge on any atom is -0.508 e. The molecule has 0 spiro atoms. The lowest BCUT2D eigenvalue weighted by molar-refractivity contribution is 0.233. The number of rotatable bonds is 4. The number of benzene rings is 2. The first-order valence-corrected chi connectivity index (χ1v) is 9.77. The standard InChI is InChI=1S/C23H31NO3/c1-16(2)14-24-12-11-19-13-20(25)9-7-17(19)5-6-18-8-10-22(26-3)23(27-4)21(18)15-24/h7-10,13,16,25H,5-6,11-12,14-15H2,1-4H3. The summed E-state index contributed by atoms with van der Waals surface area (Å²) in [5.41, 5.74) is 5.12. The molecule has 27 heavy (non-hydrogen) atoms. The van der Waals surface area contributed by atoms with E-state index in [1.807, 2.05) is 12.1 Å². The quantitative estimate of drug-likeness (QED) is 0.877. The monoisotopic (exact) mass is 369 g/mol. The van der Waals surface area contributed by atoms with Gasteiger partial charge in [0.2, 0.25) is 0 Å². The van der Waals surface area contributed by atoms with E-state index in [4.69, 9.17) is 9.47 Å². The Kier molecular flexibility index (Phi) is 6.27. The second kappa shape index (κ2) is 8.66. The Balaban J connectivity index is 2.04. The molecule has 1 aliphatic rings. The zero-order valence-electron chi connectivity index (χ0n) is 16.9. The first-order chi connectivity index (χ1) is 13.0. The Hall–Kier alpha value is -2.20. The van der Waals surface area contributed by atoms with Crippen LogP contribution in [0.2, 0.25) is 0 Å². The van der Waals surface area contributed by atoms with Gasteiger partial charge in [-0.3, -0.25) is 4.90 Å². The maximum atomic E-state index is 9.93. The molecule has 0 amide bonds. The molecule has 146 valence electrons. The minimum absolute atomic E-state index is 0.355. The van der Waals surface area contributed by atoms with Gasteiger partial charge in [0.1, 0.15) is 5.75 Å². The number of hydrogen-bond donors (Lipinski definition) is 1. The summed E-state index contributed by atoms with van der Waals surface area (Å²) in [6.45, 7) is 7.33. The predicted molar refractivity (Wildman–Crippen MR) is 109 cm³/mol. The van der Waals surface area contributed by atoms with Crippen LogP contribution in [0.4, 0.5) is 0 Å². The van der Waals surface area contributed by atoms with E-state index in [0.29, 0.717) is 11.7 Å². The molecule has 1 N–H and O–H groups in total. The Morgan fingerprint density at radius 1 is 0.963 bits per heavy atom.